The summed E-state index contributed by atoms with van der Waals surface area (Å²) in [5.74, 6) is -0.378. The first-order valence-corrected chi connectivity index (χ1v) is 9.49. The highest BCUT2D eigenvalue weighted by Crippen LogP contribution is 2.21. The van der Waals surface area contributed by atoms with Gasteiger partial charge in [-0.25, -0.2) is 0 Å². The largest absolute Gasteiger partial charge is 0.356 e. The third-order valence-electron chi connectivity index (χ3n) is 4.72. The SMILES string of the molecule is O=C(Cn1c(=O)ccc2cc([N+](=O)[O-])ccc21)Nc1ccc(Nc2ccccc2)cc1. The van der Waals surface area contributed by atoms with E-state index in [4.69, 9.17) is 0 Å². The molecule has 0 aliphatic rings. The summed E-state index contributed by atoms with van der Waals surface area (Å²) in [6.45, 7) is -0.210. The van der Waals surface area contributed by atoms with Crippen LogP contribution in [0.2, 0.25) is 0 Å². The van der Waals surface area contributed by atoms with Crippen LogP contribution in [0.15, 0.2) is 89.7 Å². The number of carbonyl (C=O) groups excluding carboxylic acids is 1. The molecule has 2 N–H and O–H groups in total. The van der Waals surface area contributed by atoms with Crippen molar-refractivity contribution in [2.75, 3.05) is 10.6 Å². The number of nitro benzene ring substituents is 1. The number of para-hydroxylation sites is 1. The third-order valence-corrected chi connectivity index (χ3v) is 4.72. The Morgan fingerprint density at radius 1 is 0.871 bits per heavy atom. The lowest BCUT2D eigenvalue weighted by Crippen LogP contribution is -2.27. The van der Waals surface area contributed by atoms with Gasteiger partial charge in [0.25, 0.3) is 11.2 Å². The number of carbonyl (C=O) groups is 1. The number of anilines is 3. The molecule has 1 amide bonds. The number of pyridine rings is 1. The van der Waals surface area contributed by atoms with Crippen LogP contribution in [0.4, 0.5) is 22.7 Å². The quantitative estimate of drug-likeness (QED) is 0.362. The van der Waals surface area contributed by atoms with E-state index < -0.39 is 4.92 Å². The molecule has 0 aliphatic carbocycles. The van der Waals surface area contributed by atoms with Crippen LogP contribution in [0.25, 0.3) is 10.9 Å². The minimum atomic E-state index is -0.502. The Hall–Kier alpha value is -4.46. The zero-order valence-electron chi connectivity index (χ0n) is 16.3. The van der Waals surface area contributed by atoms with E-state index in [1.807, 2.05) is 42.5 Å². The molecule has 0 aliphatic heterocycles. The Balaban J connectivity index is 1.48. The van der Waals surface area contributed by atoms with Crippen molar-refractivity contribution in [1.82, 2.24) is 4.57 Å². The second-order valence-corrected chi connectivity index (χ2v) is 6.87. The zero-order valence-corrected chi connectivity index (χ0v) is 16.3. The number of amides is 1. The molecule has 0 unspecified atom stereocenters. The average Bonchev–Trinajstić information content (AvgIpc) is 2.77. The molecule has 31 heavy (non-hydrogen) atoms. The van der Waals surface area contributed by atoms with Gasteiger partial charge in [0.15, 0.2) is 0 Å². The number of fused-ring (bicyclic) bond motifs is 1. The first-order chi connectivity index (χ1) is 15.0. The van der Waals surface area contributed by atoms with Gasteiger partial charge in [-0.05, 0) is 48.5 Å². The van der Waals surface area contributed by atoms with Gasteiger partial charge in [-0.15, -0.1) is 0 Å². The monoisotopic (exact) mass is 414 g/mol. The molecule has 154 valence electrons. The first-order valence-electron chi connectivity index (χ1n) is 9.49. The maximum absolute atomic E-state index is 12.5. The number of benzene rings is 3. The van der Waals surface area contributed by atoms with Crippen LogP contribution in [-0.2, 0) is 11.3 Å². The van der Waals surface area contributed by atoms with Crippen molar-refractivity contribution in [1.29, 1.82) is 0 Å². The fourth-order valence-electron chi connectivity index (χ4n) is 3.24. The van der Waals surface area contributed by atoms with Gasteiger partial charge in [0.1, 0.15) is 6.54 Å². The summed E-state index contributed by atoms with van der Waals surface area (Å²) in [7, 11) is 0. The number of non-ortho nitro benzene ring substituents is 1. The summed E-state index contributed by atoms with van der Waals surface area (Å²) in [5.41, 5.74) is 2.43. The van der Waals surface area contributed by atoms with E-state index in [0.29, 0.717) is 16.6 Å². The molecule has 0 saturated heterocycles. The molecule has 0 bridgehead atoms. The summed E-state index contributed by atoms with van der Waals surface area (Å²) in [5, 5.41) is 17.5. The molecule has 0 atom stereocenters. The number of nitrogens with zero attached hydrogens (tertiary/aromatic N) is 2. The molecule has 0 fully saturated rings. The summed E-state index contributed by atoms with van der Waals surface area (Å²) >= 11 is 0. The molecular weight excluding hydrogens is 396 g/mol. The molecule has 4 rings (SSSR count). The summed E-state index contributed by atoms with van der Waals surface area (Å²) in [6, 6.07) is 23.9. The number of hydrogen-bond donors (Lipinski definition) is 2. The minimum absolute atomic E-state index is 0.0775. The molecule has 8 nitrogen and oxygen atoms in total. The number of hydrogen-bond acceptors (Lipinski definition) is 5. The van der Waals surface area contributed by atoms with E-state index in [-0.39, 0.29) is 23.7 Å². The van der Waals surface area contributed by atoms with E-state index in [1.165, 1.54) is 34.9 Å². The van der Waals surface area contributed by atoms with Gasteiger partial charge < -0.3 is 10.6 Å². The van der Waals surface area contributed by atoms with Gasteiger partial charge in [0, 0.05) is 40.6 Å². The van der Waals surface area contributed by atoms with Crippen LogP contribution in [0.1, 0.15) is 0 Å². The molecular formula is C23H18N4O4. The van der Waals surface area contributed by atoms with Gasteiger partial charge in [0.2, 0.25) is 5.91 Å². The highest BCUT2D eigenvalue weighted by Gasteiger charge is 2.12. The van der Waals surface area contributed by atoms with E-state index in [2.05, 4.69) is 10.6 Å². The Bertz CT molecular complexity index is 1320. The molecule has 8 heteroatoms. The molecule has 0 saturated carbocycles. The summed E-state index contributed by atoms with van der Waals surface area (Å²) in [6.07, 6.45) is 0. The lowest BCUT2D eigenvalue weighted by Gasteiger charge is -2.11. The van der Waals surface area contributed by atoms with E-state index in [9.17, 15) is 19.7 Å². The van der Waals surface area contributed by atoms with Gasteiger partial charge >= 0.3 is 0 Å². The van der Waals surface area contributed by atoms with Gasteiger partial charge in [-0.1, -0.05) is 18.2 Å². The normalized spacial score (nSPS) is 10.6. The predicted molar refractivity (Wildman–Crippen MR) is 120 cm³/mol. The molecule has 4 aromatic rings. The van der Waals surface area contributed by atoms with E-state index in [1.54, 1.807) is 12.1 Å². The van der Waals surface area contributed by atoms with Crippen LogP contribution in [0, 0.1) is 10.1 Å². The van der Waals surface area contributed by atoms with Crippen molar-refractivity contribution in [3.05, 3.63) is 105 Å². The maximum atomic E-state index is 12.5. The van der Waals surface area contributed by atoms with Crippen molar-refractivity contribution in [3.8, 4) is 0 Å². The Kier molecular flexibility index (Phi) is 5.44. The highest BCUT2D eigenvalue weighted by atomic mass is 16.6. The average molecular weight is 414 g/mol. The van der Waals surface area contributed by atoms with Gasteiger partial charge in [-0.2, -0.15) is 0 Å². The predicted octanol–water partition coefficient (Wildman–Crippen LogP) is 4.29. The zero-order chi connectivity index (χ0) is 21.8. The highest BCUT2D eigenvalue weighted by molar-refractivity contribution is 5.92. The lowest BCUT2D eigenvalue weighted by atomic mass is 10.2. The summed E-state index contributed by atoms with van der Waals surface area (Å²) in [4.78, 5) is 35.3. The maximum Gasteiger partial charge on any atom is 0.270 e. The van der Waals surface area contributed by atoms with Gasteiger partial charge in [-0.3, -0.25) is 24.3 Å². The molecule has 1 aromatic heterocycles. The van der Waals surface area contributed by atoms with Crippen LogP contribution in [0.5, 0.6) is 0 Å². The number of nitro groups is 1. The fourth-order valence-corrected chi connectivity index (χ4v) is 3.24. The number of rotatable bonds is 6. The summed E-state index contributed by atoms with van der Waals surface area (Å²) < 4.78 is 1.29. The Morgan fingerprint density at radius 2 is 1.55 bits per heavy atom. The van der Waals surface area contributed by atoms with Gasteiger partial charge in [0.05, 0.1) is 10.4 Å². The molecule has 0 spiro atoms. The van der Waals surface area contributed by atoms with Crippen LogP contribution >= 0.6 is 0 Å². The molecule has 1 heterocycles. The van der Waals surface area contributed by atoms with Crippen molar-refractivity contribution in [2.45, 2.75) is 6.54 Å². The first kappa shape index (κ1) is 19.8. The Morgan fingerprint density at radius 3 is 2.26 bits per heavy atom. The van der Waals surface area contributed by atoms with Crippen molar-refractivity contribution in [3.63, 3.8) is 0 Å². The lowest BCUT2D eigenvalue weighted by molar-refractivity contribution is -0.384. The van der Waals surface area contributed by atoms with E-state index >= 15 is 0 Å². The van der Waals surface area contributed by atoms with Crippen LogP contribution in [-0.4, -0.2) is 15.4 Å². The fraction of sp³-hybridized carbons (Fsp3) is 0.0435. The molecule has 0 radical (unpaired) electrons. The smallest absolute Gasteiger partial charge is 0.270 e. The standard InChI is InChI=1S/C23H18N4O4/c28-22(25-19-9-7-18(8-10-19)24-17-4-2-1-3-5-17)15-26-21-12-11-20(27(30)31)14-16(21)6-13-23(26)29/h1-14,24H,15H2,(H,25,28). The Labute approximate surface area is 176 Å². The second-order valence-electron chi connectivity index (χ2n) is 6.87. The van der Waals surface area contributed by atoms with Crippen molar-refractivity contribution >= 4 is 39.6 Å². The van der Waals surface area contributed by atoms with Crippen LogP contribution in [0.3, 0.4) is 0 Å². The number of aromatic nitrogens is 1. The van der Waals surface area contributed by atoms with Crippen molar-refractivity contribution < 1.29 is 9.72 Å². The van der Waals surface area contributed by atoms with E-state index in [0.717, 1.165) is 11.4 Å². The van der Waals surface area contributed by atoms with Crippen LogP contribution < -0.4 is 16.2 Å². The number of nitrogens with one attached hydrogen (secondary N) is 2. The minimum Gasteiger partial charge on any atom is -0.356 e. The third kappa shape index (κ3) is 4.59. The molecule has 3 aromatic carbocycles. The second kappa shape index (κ2) is 8.50. The topological polar surface area (TPSA) is 106 Å². The van der Waals surface area contributed by atoms with Crippen molar-refractivity contribution in [2.24, 2.45) is 0 Å².